The monoisotopic (exact) mass is 467 g/mol. The molecular weight excluding hydrogens is 450 g/mol. The summed E-state index contributed by atoms with van der Waals surface area (Å²) in [6.07, 6.45) is 1.10. The predicted molar refractivity (Wildman–Crippen MR) is 116 cm³/mol. The number of hydrogen-bond acceptors (Lipinski definition) is 4. The molecule has 0 radical (unpaired) electrons. The molecule has 1 aliphatic carbocycles. The van der Waals surface area contributed by atoms with Crippen molar-refractivity contribution < 1.29 is 14.7 Å². The van der Waals surface area contributed by atoms with E-state index < -0.39 is 17.4 Å². The van der Waals surface area contributed by atoms with Crippen molar-refractivity contribution in [3.05, 3.63) is 86.0 Å². The van der Waals surface area contributed by atoms with Crippen LogP contribution in [-0.2, 0) is 23.4 Å². The van der Waals surface area contributed by atoms with Crippen molar-refractivity contribution in [1.82, 2.24) is 0 Å². The van der Waals surface area contributed by atoms with Crippen LogP contribution < -0.4 is 4.90 Å². The van der Waals surface area contributed by atoms with E-state index in [1.807, 2.05) is 47.8 Å². The number of rotatable bonds is 3. The summed E-state index contributed by atoms with van der Waals surface area (Å²) in [5.41, 5.74) is 0.902. The Bertz CT molecular complexity index is 1130. The topological polar surface area (TPSA) is 57.6 Å². The van der Waals surface area contributed by atoms with E-state index >= 15 is 0 Å². The van der Waals surface area contributed by atoms with Gasteiger partial charge in [-0.1, -0.05) is 46.3 Å². The largest absolute Gasteiger partial charge is 0.375 e. The second-order valence-electron chi connectivity index (χ2n) is 7.51. The van der Waals surface area contributed by atoms with Gasteiger partial charge in [-0.3, -0.25) is 9.59 Å². The van der Waals surface area contributed by atoms with Gasteiger partial charge in [0.15, 0.2) is 11.4 Å². The fraction of sp³-hybridized carbons (Fsp3) is 0.217. The normalized spacial score (nSPS) is 23.2. The average Bonchev–Trinajstić information content (AvgIpc) is 3.31. The Morgan fingerprint density at radius 1 is 1.14 bits per heavy atom. The molecular formula is C23H18BrNO3S. The van der Waals surface area contributed by atoms with Crippen LogP contribution in [-0.4, -0.2) is 16.8 Å². The van der Waals surface area contributed by atoms with E-state index in [4.69, 9.17) is 0 Å². The molecule has 2 atom stereocenters. The first kappa shape index (κ1) is 18.7. The van der Waals surface area contributed by atoms with Crippen molar-refractivity contribution in [2.24, 2.45) is 5.92 Å². The summed E-state index contributed by atoms with van der Waals surface area (Å²) in [6.45, 7) is 0.380. The van der Waals surface area contributed by atoms with Gasteiger partial charge in [-0.2, -0.15) is 0 Å². The highest BCUT2D eigenvalue weighted by atomic mass is 79.9. The molecule has 1 N–H and O–H groups in total. The van der Waals surface area contributed by atoms with Crippen LogP contribution in [0.5, 0.6) is 0 Å². The molecule has 0 saturated carbocycles. The summed E-state index contributed by atoms with van der Waals surface area (Å²) in [4.78, 5) is 29.6. The third-order valence-corrected chi connectivity index (χ3v) is 7.29. The molecule has 146 valence electrons. The van der Waals surface area contributed by atoms with Crippen molar-refractivity contribution >= 4 is 44.6 Å². The van der Waals surface area contributed by atoms with Gasteiger partial charge in [0.25, 0.3) is 5.91 Å². The Labute approximate surface area is 180 Å². The summed E-state index contributed by atoms with van der Waals surface area (Å²) in [5.74, 6) is -1.38. The maximum atomic E-state index is 13.6. The smallest absolute Gasteiger partial charge is 0.264 e. The summed E-state index contributed by atoms with van der Waals surface area (Å²) in [7, 11) is 0. The van der Waals surface area contributed by atoms with E-state index in [-0.39, 0.29) is 5.78 Å². The van der Waals surface area contributed by atoms with Gasteiger partial charge in [-0.15, -0.1) is 11.3 Å². The number of amides is 1. The number of aliphatic hydroxyl groups is 1. The summed E-state index contributed by atoms with van der Waals surface area (Å²) >= 11 is 5.02. The molecule has 6 heteroatoms. The number of thiophene rings is 1. The van der Waals surface area contributed by atoms with Crippen LogP contribution >= 0.6 is 27.3 Å². The molecule has 1 aromatic heterocycles. The lowest BCUT2D eigenvalue weighted by Gasteiger charge is -2.34. The lowest BCUT2D eigenvalue weighted by molar-refractivity contribution is -0.140. The van der Waals surface area contributed by atoms with Crippen molar-refractivity contribution in [3.8, 4) is 0 Å². The molecule has 1 aliphatic heterocycles. The third kappa shape index (κ3) is 2.81. The number of carbonyl (C=O) groups excluding carboxylic acids is 2. The number of carbonyl (C=O) groups is 2. The summed E-state index contributed by atoms with van der Waals surface area (Å²) < 4.78 is 0.768. The van der Waals surface area contributed by atoms with Gasteiger partial charge in [0.1, 0.15) is 0 Å². The summed E-state index contributed by atoms with van der Waals surface area (Å²) in [5, 5.41) is 13.8. The van der Waals surface area contributed by atoms with Crippen LogP contribution in [0.15, 0.2) is 64.5 Å². The van der Waals surface area contributed by atoms with Crippen LogP contribution in [0, 0.1) is 5.92 Å². The molecule has 0 bridgehead atoms. The Morgan fingerprint density at radius 3 is 2.76 bits per heavy atom. The minimum Gasteiger partial charge on any atom is -0.375 e. The molecule has 2 heterocycles. The molecule has 5 rings (SSSR count). The zero-order chi connectivity index (χ0) is 20.2. The van der Waals surface area contributed by atoms with E-state index in [2.05, 4.69) is 15.9 Å². The second kappa shape index (κ2) is 6.90. The van der Waals surface area contributed by atoms with Gasteiger partial charge < -0.3 is 10.0 Å². The Hall–Kier alpha value is -2.28. The van der Waals surface area contributed by atoms with Gasteiger partial charge in [0.2, 0.25) is 0 Å². The predicted octanol–water partition coefficient (Wildman–Crippen LogP) is 4.69. The van der Waals surface area contributed by atoms with Gasteiger partial charge >= 0.3 is 0 Å². The van der Waals surface area contributed by atoms with E-state index in [1.54, 1.807) is 28.4 Å². The molecule has 0 spiro atoms. The van der Waals surface area contributed by atoms with Gasteiger partial charge in [-0.25, -0.2) is 0 Å². The average molecular weight is 468 g/mol. The zero-order valence-corrected chi connectivity index (χ0v) is 17.9. The van der Waals surface area contributed by atoms with Crippen LogP contribution in [0.25, 0.3) is 0 Å². The molecule has 1 amide bonds. The Morgan fingerprint density at radius 2 is 1.97 bits per heavy atom. The van der Waals surface area contributed by atoms with Crippen LogP contribution in [0.4, 0.5) is 5.69 Å². The maximum Gasteiger partial charge on any atom is 0.264 e. The maximum absolute atomic E-state index is 13.6. The number of ketones is 1. The lowest BCUT2D eigenvalue weighted by Crippen LogP contribution is -2.49. The number of nitrogens with zero attached hydrogens (tertiary/aromatic N) is 1. The minimum absolute atomic E-state index is 0.161. The molecule has 2 aromatic carbocycles. The first-order valence-corrected chi connectivity index (χ1v) is 11.2. The standard InChI is InChI=1S/C23H18BrNO3S/c24-15-8-10-20-19(12-15)23(28,22(27)25(20)13-16-5-3-11-29-16)18-9-7-14-4-1-2-6-17(14)21(18)26/h1-6,8,10-12,18,28H,7,9,13H2. The number of halogens is 1. The molecule has 3 aromatic rings. The van der Waals surface area contributed by atoms with Crippen LogP contribution in [0.1, 0.15) is 32.8 Å². The zero-order valence-electron chi connectivity index (χ0n) is 15.5. The Balaban J connectivity index is 1.62. The third-order valence-electron chi connectivity index (χ3n) is 5.93. The van der Waals surface area contributed by atoms with Crippen molar-refractivity contribution in [2.75, 3.05) is 4.90 Å². The van der Waals surface area contributed by atoms with E-state index in [0.29, 0.717) is 36.2 Å². The SMILES string of the molecule is O=C1c2ccccc2CCC1C1(O)C(=O)N(Cc2cccs2)c2ccc(Br)cc21. The molecule has 2 aliphatic rings. The first-order valence-electron chi connectivity index (χ1n) is 9.49. The molecule has 0 fully saturated rings. The van der Waals surface area contributed by atoms with Gasteiger partial charge in [0, 0.05) is 20.5 Å². The number of aryl methyl sites for hydroxylation is 1. The molecule has 2 unspecified atom stereocenters. The fourth-order valence-corrected chi connectivity index (χ4v) is 5.58. The minimum atomic E-state index is -1.86. The Kier molecular flexibility index (Phi) is 4.46. The molecule has 4 nitrogen and oxygen atoms in total. The number of benzene rings is 2. The number of Topliss-reactive ketones (excluding diaryl/α,β-unsaturated/α-hetero) is 1. The van der Waals surface area contributed by atoms with E-state index in [0.717, 1.165) is 14.9 Å². The molecule has 29 heavy (non-hydrogen) atoms. The first-order chi connectivity index (χ1) is 14.0. The highest BCUT2D eigenvalue weighted by molar-refractivity contribution is 9.10. The van der Waals surface area contributed by atoms with Gasteiger partial charge in [0.05, 0.1) is 18.2 Å². The summed E-state index contributed by atoms with van der Waals surface area (Å²) in [6, 6.07) is 16.9. The number of anilines is 1. The highest BCUT2D eigenvalue weighted by Crippen LogP contribution is 2.49. The van der Waals surface area contributed by atoms with Crippen molar-refractivity contribution in [3.63, 3.8) is 0 Å². The van der Waals surface area contributed by atoms with E-state index in [9.17, 15) is 14.7 Å². The second-order valence-corrected chi connectivity index (χ2v) is 9.46. The number of hydrogen-bond donors (Lipinski definition) is 1. The highest BCUT2D eigenvalue weighted by Gasteiger charge is 2.57. The lowest BCUT2D eigenvalue weighted by atomic mass is 9.71. The van der Waals surface area contributed by atoms with Crippen molar-refractivity contribution in [1.29, 1.82) is 0 Å². The van der Waals surface area contributed by atoms with Crippen LogP contribution in [0.2, 0.25) is 0 Å². The fourth-order valence-electron chi connectivity index (χ4n) is 4.53. The quantitative estimate of drug-likeness (QED) is 0.607. The van der Waals surface area contributed by atoms with Crippen LogP contribution in [0.3, 0.4) is 0 Å². The number of fused-ring (bicyclic) bond motifs is 2. The van der Waals surface area contributed by atoms with Gasteiger partial charge in [-0.05, 0) is 48.1 Å². The van der Waals surface area contributed by atoms with Crippen molar-refractivity contribution in [2.45, 2.75) is 25.0 Å². The van der Waals surface area contributed by atoms with E-state index in [1.165, 1.54) is 0 Å². The molecule has 0 saturated heterocycles.